The van der Waals surface area contributed by atoms with Crippen LogP contribution in [0, 0.1) is 4.91 Å². The van der Waals surface area contributed by atoms with E-state index >= 15 is 0 Å². The van der Waals surface area contributed by atoms with E-state index in [0.717, 1.165) is 4.31 Å². The summed E-state index contributed by atoms with van der Waals surface area (Å²) in [4.78, 5) is 22.3. The van der Waals surface area contributed by atoms with Gasteiger partial charge in [0.25, 0.3) is 5.69 Å². The number of nitrogens with zero attached hydrogens (tertiary/aromatic N) is 2. The number of nitroso groups, excluding NO2 is 1. The Morgan fingerprint density at radius 2 is 2.15 bits per heavy atom. The van der Waals surface area contributed by atoms with Crippen LogP contribution in [-0.2, 0) is 14.8 Å². The number of hydrogen-bond donors (Lipinski definition) is 1. The molecule has 20 heavy (non-hydrogen) atoms. The highest BCUT2D eigenvalue weighted by Crippen LogP contribution is 2.27. The molecular weight excluding hydrogens is 284 g/mol. The molecule has 1 saturated heterocycles. The van der Waals surface area contributed by atoms with Gasteiger partial charge in [-0.2, -0.15) is 4.31 Å². The van der Waals surface area contributed by atoms with E-state index in [-0.39, 0.29) is 17.1 Å². The van der Waals surface area contributed by atoms with Crippen LogP contribution in [0.15, 0.2) is 29.2 Å². The molecule has 0 aromatic heterocycles. The molecule has 0 spiro atoms. The summed E-state index contributed by atoms with van der Waals surface area (Å²) in [7, 11) is -2.64. The summed E-state index contributed by atoms with van der Waals surface area (Å²) < 4.78 is 26.5. The fraction of sp³-hybridized carbons (Fsp3) is 0.417. The van der Waals surface area contributed by atoms with Crippen LogP contribution >= 0.6 is 0 Å². The molecule has 1 N–H and O–H groups in total. The number of carbonyl (C=O) groups is 1. The van der Waals surface area contributed by atoms with Crippen molar-refractivity contribution in [1.82, 2.24) is 4.31 Å². The maximum absolute atomic E-state index is 12.5. The van der Waals surface area contributed by atoms with Gasteiger partial charge in [0, 0.05) is 28.3 Å². The van der Waals surface area contributed by atoms with Gasteiger partial charge >= 0.3 is 5.97 Å². The standard InChI is InChI=1S/C12H14N2O5S/c1-13(17)9-4-2-5-10(8-9)20(18,19)14-7-3-6-11(14)12(15)16/h2,4-5,8,11H,3,6-7H2,1H3/p+1/t11-/m1/s1. The summed E-state index contributed by atoms with van der Waals surface area (Å²) in [5.74, 6) is -1.15. The summed E-state index contributed by atoms with van der Waals surface area (Å²) in [6, 6.07) is 4.53. The van der Waals surface area contributed by atoms with Crippen molar-refractivity contribution in [3.05, 3.63) is 29.2 Å². The summed E-state index contributed by atoms with van der Waals surface area (Å²) in [5, 5.41) is 9.07. The fourth-order valence-electron chi connectivity index (χ4n) is 2.25. The summed E-state index contributed by atoms with van der Waals surface area (Å²) >= 11 is 0. The first-order valence-electron chi connectivity index (χ1n) is 6.09. The SMILES string of the molecule is C[N+](=O)c1cccc(S(=O)(=O)N2CCC[C@@H]2C(=O)O)c1. The molecule has 1 fully saturated rings. The van der Waals surface area contributed by atoms with Crippen molar-refractivity contribution in [3.63, 3.8) is 0 Å². The van der Waals surface area contributed by atoms with Crippen LogP contribution in [0.4, 0.5) is 5.69 Å². The molecule has 2 rings (SSSR count). The Morgan fingerprint density at radius 3 is 2.75 bits per heavy atom. The Morgan fingerprint density at radius 1 is 1.45 bits per heavy atom. The summed E-state index contributed by atoms with van der Waals surface area (Å²) in [6.45, 7) is 0.177. The zero-order chi connectivity index (χ0) is 14.9. The number of carboxylic acids is 1. The molecule has 1 atom stereocenters. The lowest BCUT2D eigenvalue weighted by atomic mass is 10.2. The molecule has 0 radical (unpaired) electrons. The van der Waals surface area contributed by atoms with Gasteiger partial charge in [-0.05, 0) is 18.9 Å². The van der Waals surface area contributed by atoms with E-state index in [0.29, 0.717) is 17.6 Å². The van der Waals surface area contributed by atoms with Crippen LogP contribution in [0.2, 0.25) is 0 Å². The predicted octanol–water partition coefficient (Wildman–Crippen LogP) is 0.964. The lowest BCUT2D eigenvalue weighted by Crippen LogP contribution is -2.40. The van der Waals surface area contributed by atoms with Gasteiger partial charge in [0.1, 0.15) is 6.04 Å². The third-order valence-electron chi connectivity index (χ3n) is 3.28. The molecular formula is C12H15N2O5S+. The molecule has 8 heteroatoms. The van der Waals surface area contributed by atoms with Crippen LogP contribution < -0.4 is 0 Å². The van der Waals surface area contributed by atoms with Crippen LogP contribution in [0.3, 0.4) is 0 Å². The third kappa shape index (κ3) is 2.56. The second-order valence-electron chi connectivity index (χ2n) is 4.61. The predicted molar refractivity (Wildman–Crippen MR) is 70.2 cm³/mol. The van der Waals surface area contributed by atoms with Crippen LogP contribution in [0.1, 0.15) is 12.8 Å². The van der Waals surface area contributed by atoms with Crippen LogP contribution in [0.5, 0.6) is 0 Å². The van der Waals surface area contributed by atoms with Gasteiger partial charge in [0.05, 0.1) is 4.90 Å². The number of hydrogen-bond acceptors (Lipinski definition) is 4. The highest BCUT2D eigenvalue weighted by Gasteiger charge is 2.39. The molecule has 0 aliphatic carbocycles. The topological polar surface area (TPSA) is 94.8 Å². The Kier molecular flexibility index (Phi) is 3.87. The molecule has 1 aromatic rings. The second-order valence-corrected chi connectivity index (χ2v) is 6.50. The minimum absolute atomic E-state index is 0.0640. The molecule has 1 aliphatic rings. The number of rotatable bonds is 4. The molecule has 0 saturated carbocycles. The Labute approximate surface area is 116 Å². The van der Waals surface area contributed by atoms with Crippen LogP contribution in [-0.4, -0.2) is 48.2 Å². The van der Waals surface area contributed by atoms with Gasteiger partial charge in [0.15, 0.2) is 7.05 Å². The maximum atomic E-state index is 12.5. The summed E-state index contributed by atoms with van der Waals surface area (Å²) in [5.41, 5.74) is 0.206. The molecule has 7 nitrogen and oxygen atoms in total. The Balaban J connectivity index is 2.42. The van der Waals surface area contributed by atoms with E-state index in [1.165, 1.54) is 31.3 Å². The minimum atomic E-state index is -3.90. The number of sulfonamides is 1. The highest BCUT2D eigenvalue weighted by molar-refractivity contribution is 7.89. The van der Waals surface area contributed by atoms with E-state index in [4.69, 9.17) is 5.11 Å². The van der Waals surface area contributed by atoms with Gasteiger partial charge in [-0.1, -0.05) is 6.07 Å². The van der Waals surface area contributed by atoms with E-state index in [1.54, 1.807) is 0 Å². The van der Waals surface area contributed by atoms with E-state index in [1.807, 2.05) is 0 Å². The highest BCUT2D eigenvalue weighted by atomic mass is 32.2. The van der Waals surface area contributed by atoms with Gasteiger partial charge < -0.3 is 5.11 Å². The van der Waals surface area contributed by atoms with E-state index in [9.17, 15) is 18.1 Å². The van der Waals surface area contributed by atoms with Crippen molar-refractivity contribution in [1.29, 1.82) is 0 Å². The zero-order valence-electron chi connectivity index (χ0n) is 10.9. The van der Waals surface area contributed by atoms with Crippen molar-refractivity contribution in [2.24, 2.45) is 0 Å². The first-order valence-corrected chi connectivity index (χ1v) is 7.53. The van der Waals surface area contributed by atoms with Crippen molar-refractivity contribution in [2.75, 3.05) is 13.6 Å². The first-order chi connectivity index (χ1) is 9.34. The number of aliphatic carboxylic acids is 1. The number of carboxylic acid groups (broad SMARTS) is 1. The average molecular weight is 299 g/mol. The molecule has 108 valence electrons. The Bertz CT molecular complexity index is 656. The van der Waals surface area contributed by atoms with Crippen molar-refractivity contribution in [3.8, 4) is 0 Å². The average Bonchev–Trinajstić information content (AvgIpc) is 2.89. The fourth-order valence-corrected chi connectivity index (χ4v) is 3.94. The monoisotopic (exact) mass is 299 g/mol. The molecule has 1 heterocycles. The third-order valence-corrected chi connectivity index (χ3v) is 5.18. The smallest absolute Gasteiger partial charge is 0.322 e. The lowest BCUT2D eigenvalue weighted by molar-refractivity contribution is -0.428. The normalized spacial score (nSPS) is 19.9. The van der Waals surface area contributed by atoms with Gasteiger partial charge in [-0.3, -0.25) is 4.79 Å². The van der Waals surface area contributed by atoms with E-state index in [2.05, 4.69) is 0 Å². The van der Waals surface area contributed by atoms with Gasteiger partial charge in [-0.15, -0.1) is 0 Å². The maximum Gasteiger partial charge on any atom is 0.322 e. The Hall–Kier alpha value is -1.80. The molecule has 1 aliphatic heterocycles. The lowest BCUT2D eigenvalue weighted by Gasteiger charge is -2.20. The molecule has 0 bridgehead atoms. The van der Waals surface area contributed by atoms with Gasteiger partial charge in [-0.25, -0.2) is 8.42 Å². The number of benzene rings is 1. The van der Waals surface area contributed by atoms with Gasteiger partial charge in [0.2, 0.25) is 10.0 Å². The van der Waals surface area contributed by atoms with Crippen molar-refractivity contribution in [2.45, 2.75) is 23.8 Å². The quantitative estimate of drug-likeness (QED) is 0.836. The molecule has 0 amide bonds. The first kappa shape index (κ1) is 14.6. The minimum Gasteiger partial charge on any atom is -0.480 e. The largest absolute Gasteiger partial charge is 0.480 e. The molecule has 1 aromatic carbocycles. The van der Waals surface area contributed by atoms with Crippen molar-refractivity contribution >= 4 is 21.7 Å². The van der Waals surface area contributed by atoms with Crippen LogP contribution in [0.25, 0.3) is 0 Å². The molecule has 0 unspecified atom stereocenters. The second kappa shape index (κ2) is 5.29. The zero-order valence-corrected chi connectivity index (χ0v) is 11.7. The summed E-state index contributed by atoms with van der Waals surface area (Å²) in [6.07, 6.45) is 0.813. The van der Waals surface area contributed by atoms with E-state index < -0.39 is 22.0 Å². The van der Waals surface area contributed by atoms with Crippen molar-refractivity contribution < 1.29 is 23.1 Å².